The molecule has 0 radical (unpaired) electrons. The molecule has 0 bridgehead atoms. The lowest BCUT2D eigenvalue weighted by Gasteiger charge is -2.14. The van der Waals surface area contributed by atoms with Crippen LogP contribution in [0.2, 0.25) is 0 Å². The highest BCUT2D eigenvalue weighted by Crippen LogP contribution is 2.01. The maximum absolute atomic E-state index is 10.7. The normalized spacial score (nSPS) is 14.1. The van der Waals surface area contributed by atoms with Gasteiger partial charge in [-0.3, -0.25) is 4.79 Å². The van der Waals surface area contributed by atoms with Crippen molar-refractivity contribution in [2.45, 2.75) is 25.0 Å². The molecule has 0 rings (SSSR count). The summed E-state index contributed by atoms with van der Waals surface area (Å²) in [5, 5.41) is 31.4. The maximum Gasteiger partial charge on any atom is 0.314 e. The Bertz CT molecular complexity index is 221. The van der Waals surface area contributed by atoms with Crippen LogP contribution in [0.3, 0.4) is 0 Å². The third-order valence-corrected chi connectivity index (χ3v) is 1.68. The molecule has 0 saturated heterocycles. The number of carboxylic acid groups (broad SMARTS) is 1. The summed E-state index contributed by atoms with van der Waals surface area (Å²) >= 11 is 0. The number of carboxylic acids is 1. The summed E-state index contributed by atoms with van der Waals surface area (Å²) < 4.78 is 0. The van der Waals surface area contributed by atoms with Crippen molar-refractivity contribution in [3.05, 3.63) is 0 Å². The molecule has 0 aromatic heterocycles. The molecular weight excluding hydrogens is 204 g/mol. The molecule has 2 atom stereocenters. The zero-order valence-electron chi connectivity index (χ0n) is 8.43. The van der Waals surface area contributed by atoms with E-state index in [0.717, 1.165) is 0 Å². The fourth-order valence-electron chi connectivity index (χ4n) is 0.981. The number of hydrogen-bond donors (Lipinski definition) is 5. The van der Waals surface area contributed by atoms with E-state index in [1.807, 2.05) is 0 Å². The topological polar surface area (TPSA) is 119 Å². The van der Waals surface area contributed by atoms with Gasteiger partial charge >= 0.3 is 12.0 Å². The summed E-state index contributed by atoms with van der Waals surface area (Å²) in [6.45, 7) is -0.0314. The van der Waals surface area contributed by atoms with Crippen LogP contribution >= 0.6 is 0 Å². The zero-order valence-corrected chi connectivity index (χ0v) is 8.43. The van der Waals surface area contributed by atoms with E-state index in [2.05, 4.69) is 10.6 Å². The number of nitrogens with one attached hydrogen (secondary N) is 2. The highest BCUT2D eigenvalue weighted by atomic mass is 16.4. The molecule has 15 heavy (non-hydrogen) atoms. The number of rotatable bonds is 6. The van der Waals surface area contributed by atoms with Gasteiger partial charge in [0.1, 0.15) is 0 Å². The molecule has 2 amide bonds. The van der Waals surface area contributed by atoms with Crippen LogP contribution < -0.4 is 10.6 Å². The van der Waals surface area contributed by atoms with E-state index >= 15 is 0 Å². The van der Waals surface area contributed by atoms with Gasteiger partial charge in [-0.15, -0.1) is 0 Å². The molecular formula is C8H16N2O5. The van der Waals surface area contributed by atoms with Crippen LogP contribution in [0.25, 0.3) is 0 Å². The molecule has 0 aliphatic carbocycles. The lowest BCUT2D eigenvalue weighted by atomic mass is 10.1. The maximum atomic E-state index is 10.7. The minimum atomic E-state index is -1.13. The molecule has 0 aliphatic rings. The first-order chi connectivity index (χ1) is 6.95. The van der Waals surface area contributed by atoms with Crippen LogP contribution in [0, 0.1) is 0 Å². The van der Waals surface area contributed by atoms with Crippen molar-refractivity contribution in [2.75, 3.05) is 13.6 Å². The van der Waals surface area contributed by atoms with Crippen LogP contribution in [-0.2, 0) is 4.79 Å². The Morgan fingerprint density at radius 2 is 1.87 bits per heavy atom. The molecule has 0 spiro atoms. The van der Waals surface area contributed by atoms with E-state index in [9.17, 15) is 14.7 Å². The van der Waals surface area contributed by atoms with E-state index < -0.39 is 30.6 Å². The van der Waals surface area contributed by atoms with E-state index in [4.69, 9.17) is 10.2 Å². The van der Waals surface area contributed by atoms with E-state index in [1.165, 1.54) is 7.05 Å². The molecule has 5 N–H and O–H groups in total. The van der Waals surface area contributed by atoms with Gasteiger partial charge in [0.2, 0.25) is 0 Å². The summed E-state index contributed by atoms with van der Waals surface area (Å²) in [6.07, 6.45) is -2.58. The monoisotopic (exact) mass is 220 g/mol. The fraction of sp³-hybridized carbons (Fsp3) is 0.750. The summed E-state index contributed by atoms with van der Waals surface area (Å²) in [7, 11) is 1.43. The molecule has 0 fully saturated rings. The number of aliphatic hydroxyl groups is 2. The van der Waals surface area contributed by atoms with Gasteiger partial charge in [-0.2, -0.15) is 0 Å². The first-order valence-electron chi connectivity index (χ1n) is 4.49. The lowest BCUT2D eigenvalue weighted by Crippen LogP contribution is -2.39. The quantitative estimate of drug-likeness (QED) is 0.373. The van der Waals surface area contributed by atoms with Gasteiger partial charge in [0.25, 0.3) is 0 Å². The van der Waals surface area contributed by atoms with Crippen molar-refractivity contribution in [3.8, 4) is 0 Å². The number of carbonyl (C=O) groups excluding carboxylic acids is 1. The third kappa shape index (κ3) is 7.71. The first kappa shape index (κ1) is 13.7. The average Bonchev–Trinajstić information content (AvgIpc) is 2.12. The molecule has 0 unspecified atom stereocenters. The minimum Gasteiger partial charge on any atom is -0.481 e. The number of urea groups is 1. The van der Waals surface area contributed by atoms with Crippen molar-refractivity contribution in [3.63, 3.8) is 0 Å². The number of aliphatic carboxylic acids is 1. The Kier molecular flexibility index (Phi) is 6.39. The third-order valence-electron chi connectivity index (χ3n) is 1.68. The average molecular weight is 220 g/mol. The minimum absolute atomic E-state index is 0.0314. The molecule has 0 aromatic carbocycles. The summed E-state index contributed by atoms with van der Waals surface area (Å²) in [6, 6.07) is -0.443. The Morgan fingerprint density at radius 1 is 1.27 bits per heavy atom. The Balaban J connectivity index is 3.68. The van der Waals surface area contributed by atoms with Gasteiger partial charge in [0.05, 0.1) is 18.6 Å². The lowest BCUT2D eigenvalue weighted by molar-refractivity contribution is -0.139. The van der Waals surface area contributed by atoms with Crippen LogP contribution in [0.5, 0.6) is 0 Å². The number of hydrogen-bond acceptors (Lipinski definition) is 4. The van der Waals surface area contributed by atoms with Gasteiger partial charge in [0.15, 0.2) is 0 Å². The van der Waals surface area contributed by atoms with Crippen molar-refractivity contribution in [2.24, 2.45) is 0 Å². The molecule has 0 aromatic rings. The Morgan fingerprint density at radius 3 is 2.33 bits per heavy atom. The molecule has 7 nitrogen and oxygen atoms in total. The zero-order chi connectivity index (χ0) is 11.8. The fourth-order valence-corrected chi connectivity index (χ4v) is 0.981. The van der Waals surface area contributed by atoms with Gasteiger partial charge in [-0.1, -0.05) is 0 Å². The van der Waals surface area contributed by atoms with Crippen LogP contribution in [0.4, 0.5) is 4.79 Å². The van der Waals surface area contributed by atoms with Crippen molar-refractivity contribution < 1.29 is 24.9 Å². The smallest absolute Gasteiger partial charge is 0.314 e. The SMILES string of the molecule is CNC(=O)NC[C@@H](O)C[C@@H](O)CC(=O)O. The van der Waals surface area contributed by atoms with Gasteiger partial charge in [-0.05, 0) is 0 Å². The Hall–Kier alpha value is -1.34. The van der Waals surface area contributed by atoms with Crippen LogP contribution in [0.15, 0.2) is 0 Å². The number of aliphatic hydroxyl groups excluding tert-OH is 2. The standard InChI is InChI=1S/C8H16N2O5/c1-9-8(15)10-4-6(12)2-5(11)3-7(13)14/h5-6,11-12H,2-4H2,1H3,(H,13,14)(H2,9,10,15)/t5-,6+/m1/s1. The van der Waals surface area contributed by atoms with Crippen molar-refractivity contribution in [1.29, 1.82) is 0 Å². The summed E-state index contributed by atoms with van der Waals surface area (Å²) in [4.78, 5) is 20.9. The molecule has 0 heterocycles. The van der Waals surface area contributed by atoms with Gasteiger partial charge < -0.3 is 26.0 Å². The van der Waals surface area contributed by atoms with Crippen molar-refractivity contribution in [1.82, 2.24) is 10.6 Å². The highest BCUT2D eigenvalue weighted by molar-refractivity contribution is 5.73. The molecule has 0 saturated carbocycles. The van der Waals surface area contributed by atoms with Gasteiger partial charge in [-0.25, -0.2) is 4.79 Å². The van der Waals surface area contributed by atoms with E-state index in [-0.39, 0.29) is 13.0 Å². The predicted octanol–water partition coefficient (Wildman–Crippen LogP) is -1.50. The summed E-state index contributed by atoms with van der Waals surface area (Å²) in [5.74, 6) is -1.13. The predicted molar refractivity (Wildman–Crippen MR) is 51.3 cm³/mol. The number of amides is 2. The second-order valence-electron chi connectivity index (χ2n) is 3.10. The van der Waals surface area contributed by atoms with E-state index in [0.29, 0.717) is 0 Å². The highest BCUT2D eigenvalue weighted by Gasteiger charge is 2.15. The van der Waals surface area contributed by atoms with Gasteiger partial charge in [0, 0.05) is 20.0 Å². The Labute approximate surface area is 87.1 Å². The largest absolute Gasteiger partial charge is 0.481 e. The second kappa shape index (κ2) is 7.02. The van der Waals surface area contributed by atoms with Crippen LogP contribution in [-0.4, -0.2) is 53.1 Å². The molecule has 0 aliphatic heterocycles. The molecule has 7 heteroatoms. The second-order valence-corrected chi connectivity index (χ2v) is 3.10. The van der Waals surface area contributed by atoms with Crippen LogP contribution in [0.1, 0.15) is 12.8 Å². The van der Waals surface area contributed by atoms with Crippen molar-refractivity contribution >= 4 is 12.0 Å². The first-order valence-corrected chi connectivity index (χ1v) is 4.49. The molecule has 88 valence electrons. The number of carbonyl (C=O) groups is 2. The van der Waals surface area contributed by atoms with E-state index in [1.54, 1.807) is 0 Å². The summed E-state index contributed by atoms with van der Waals surface area (Å²) in [5.41, 5.74) is 0.